The number of benzene rings is 2. The first kappa shape index (κ1) is 10.7. The highest BCUT2D eigenvalue weighted by atomic mass is 16.6. The second kappa shape index (κ2) is 3.67. The van der Waals surface area contributed by atoms with Gasteiger partial charge >= 0.3 is 0 Å². The Labute approximate surface area is 111 Å². The Morgan fingerprint density at radius 3 is 2.37 bits per heavy atom. The van der Waals surface area contributed by atoms with Crippen molar-refractivity contribution in [2.75, 3.05) is 0 Å². The van der Waals surface area contributed by atoms with Crippen molar-refractivity contribution in [2.24, 2.45) is 0 Å². The Morgan fingerprint density at radius 1 is 1.00 bits per heavy atom. The van der Waals surface area contributed by atoms with Gasteiger partial charge in [-0.2, -0.15) is 0 Å². The summed E-state index contributed by atoms with van der Waals surface area (Å²) in [5.41, 5.74) is 6.42. The number of hydrogen-bond acceptors (Lipinski definition) is 2. The van der Waals surface area contributed by atoms with Crippen molar-refractivity contribution in [3.63, 3.8) is 0 Å². The Bertz CT molecular complexity index is 702. The third kappa shape index (κ3) is 1.65. The van der Waals surface area contributed by atoms with Crippen molar-refractivity contribution >= 4 is 5.69 Å². The van der Waals surface area contributed by atoms with E-state index < -0.39 is 0 Å². The highest BCUT2D eigenvalue weighted by Crippen LogP contribution is 2.44. The minimum Gasteiger partial charge on any atom is -0.258 e. The number of rotatable bonds is 2. The summed E-state index contributed by atoms with van der Waals surface area (Å²) in [5.74, 6) is 0.753. The minimum absolute atomic E-state index is 0.189. The summed E-state index contributed by atoms with van der Waals surface area (Å²) in [4.78, 5) is 10.5. The lowest BCUT2D eigenvalue weighted by molar-refractivity contribution is -0.384. The quantitative estimate of drug-likeness (QED) is 0.509. The van der Waals surface area contributed by atoms with Crippen LogP contribution in [0.5, 0.6) is 0 Å². The van der Waals surface area contributed by atoms with Gasteiger partial charge in [0.25, 0.3) is 5.69 Å². The first-order valence-electron chi connectivity index (χ1n) is 6.63. The maximum absolute atomic E-state index is 10.8. The zero-order chi connectivity index (χ0) is 13.0. The molecular formula is C16H13NO2. The molecule has 0 spiro atoms. The molecule has 0 N–H and O–H groups in total. The minimum atomic E-state index is -0.321. The van der Waals surface area contributed by atoms with E-state index in [4.69, 9.17) is 0 Å². The molecule has 1 saturated carbocycles. The van der Waals surface area contributed by atoms with E-state index in [0.717, 1.165) is 23.5 Å². The summed E-state index contributed by atoms with van der Waals surface area (Å²) in [6, 6.07) is 11.9. The summed E-state index contributed by atoms with van der Waals surface area (Å²) in [6.07, 6.45) is 3.43. The molecular weight excluding hydrogens is 238 g/mol. The Morgan fingerprint density at radius 2 is 1.68 bits per heavy atom. The second-order valence-corrected chi connectivity index (χ2v) is 5.47. The van der Waals surface area contributed by atoms with Crippen LogP contribution in [0.3, 0.4) is 0 Å². The third-order valence-corrected chi connectivity index (χ3v) is 4.15. The van der Waals surface area contributed by atoms with Gasteiger partial charge in [0.15, 0.2) is 0 Å². The van der Waals surface area contributed by atoms with Gasteiger partial charge in [0.2, 0.25) is 0 Å². The lowest BCUT2D eigenvalue weighted by atomic mass is 10.0. The van der Waals surface area contributed by atoms with E-state index in [0.29, 0.717) is 0 Å². The molecule has 0 saturated heterocycles. The van der Waals surface area contributed by atoms with Crippen LogP contribution in [-0.4, -0.2) is 4.92 Å². The van der Waals surface area contributed by atoms with E-state index in [2.05, 4.69) is 18.2 Å². The molecule has 0 bridgehead atoms. The topological polar surface area (TPSA) is 43.1 Å². The first-order chi connectivity index (χ1) is 9.22. The molecule has 1 fully saturated rings. The fourth-order valence-electron chi connectivity index (χ4n) is 3.00. The van der Waals surface area contributed by atoms with E-state index in [-0.39, 0.29) is 10.6 Å². The Kier molecular flexibility index (Phi) is 2.07. The van der Waals surface area contributed by atoms with E-state index >= 15 is 0 Å². The molecule has 2 aliphatic rings. The van der Waals surface area contributed by atoms with Gasteiger partial charge in [-0.05, 0) is 59.1 Å². The maximum atomic E-state index is 10.8. The number of hydrogen-bond donors (Lipinski definition) is 0. The average molecular weight is 251 g/mol. The van der Waals surface area contributed by atoms with E-state index in [1.54, 1.807) is 12.1 Å². The summed E-state index contributed by atoms with van der Waals surface area (Å²) in [5, 5.41) is 10.8. The van der Waals surface area contributed by atoms with Crippen LogP contribution in [0, 0.1) is 10.1 Å². The van der Waals surface area contributed by atoms with Crippen molar-refractivity contribution < 1.29 is 4.92 Å². The normalized spacial score (nSPS) is 16.0. The van der Waals surface area contributed by atoms with Crippen molar-refractivity contribution in [2.45, 2.75) is 25.2 Å². The van der Waals surface area contributed by atoms with Gasteiger partial charge in [0.05, 0.1) is 4.92 Å². The molecule has 0 heterocycles. The number of nitro benzene ring substituents is 1. The summed E-state index contributed by atoms with van der Waals surface area (Å²) in [7, 11) is 0. The van der Waals surface area contributed by atoms with Crippen LogP contribution in [0.1, 0.15) is 35.4 Å². The molecule has 0 atom stereocenters. The smallest absolute Gasteiger partial charge is 0.258 e. The second-order valence-electron chi connectivity index (χ2n) is 5.47. The van der Waals surface area contributed by atoms with Crippen molar-refractivity contribution in [1.29, 1.82) is 0 Å². The monoisotopic (exact) mass is 251 g/mol. The van der Waals surface area contributed by atoms with Crippen molar-refractivity contribution in [3.05, 3.63) is 63.2 Å². The molecule has 0 aliphatic heterocycles. The molecule has 2 aliphatic carbocycles. The highest BCUT2D eigenvalue weighted by molar-refractivity contribution is 5.78. The number of nitrogens with zero attached hydrogens (tertiary/aromatic N) is 1. The number of nitro groups is 1. The van der Waals surface area contributed by atoms with Gasteiger partial charge in [-0.3, -0.25) is 10.1 Å². The van der Waals surface area contributed by atoms with Crippen LogP contribution in [0.2, 0.25) is 0 Å². The predicted molar refractivity (Wildman–Crippen MR) is 73.3 cm³/mol. The standard InChI is InChI=1S/C16H13NO2/c18-17(19)14-4-6-16-13(9-14)8-12-7-11(10-1-2-10)3-5-15(12)16/h3-7,9-10H,1-2,8H2. The van der Waals surface area contributed by atoms with E-state index in [1.807, 2.05) is 6.07 Å². The van der Waals surface area contributed by atoms with E-state index in [1.165, 1.54) is 29.5 Å². The van der Waals surface area contributed by atoms with Crippen LogP contribution in [0.4, 0.5) is 5.69 Å². The zero-order valence-electron chi connectivity index (χ0n) is 10.4. The van der Waals surface area contributed by atoms with E-state index in [9.17, 15) is 10.1 Å². The molecule has 94 valence electrons. The lowest BCUT2D eigenvalue weighted by Crippen LogP contribution is -1.89. The number of fused-ring (bicyclic) bond motifs is 3. The third-order valence-electron chi connectivity index (χ3n) is 4.15. The molecule has 0 radical (unpaired) electrons. The number of non-ortho nitro benzene ring substituents is 1. The van der Waals surface area contributed by atoms with Crippen molar-refractivity contribution in [1.82, 2.24) is 0 Å². The summed E-state index contributed by atoms with van der Waals surface area (Å²) < 4.78 is 0. The van der Waals surface area contributed by atoms with Gasteiger partial charge in [0.1, 0.15) is 0 Å². The summed E-state index contributed by atoms with van der Waals surface area (Å²) >= 11 is 0. The van der Waals surface area contributed by atoms with Gasteiger partial charge in [0, 0.05) is 12.1 Å². The van der Waals surface area contributed by atoms with Crippen LogP contribution in [0.15, 0.2) is 36.4 Å². The molecule has 2 aromatic rings. The molecule has 3 nitrogen and oxygen atoms in total. The molecule has 4 rings (SSSR count). The predicted octanol–water partition coefficient (Wildman–Crippen LogP) is 4.04. The Hall–Kier alpha value is -2.16. The highest BCUT2D eigenvalue weighted by Gasteiger charge is 2.26. The zero-order valence-corrected chi connectivity index (χ0v) is 10.4. The first-order valence-corrected chi connectivity index (χ1v) is 6.63. The fourth-order valence-corrected chi connectivity index (χ4v) is 3.00. The van der Waals surface area contributed by atoms with Crippen LogP contribution in [0.25, 0.3) is 11.1 Å². The fraction of sp³-hybridized carbons (Fsp3) is 0.250. The molecule has 19 heavy (non-hydrogen) atoms. The SMILES string of the molecule is O=[N+]([O-])c1ccc2c(c1)Cc1cc(C3CC3)ccc1-2. The van der Waals surface area contributed by atoms with Crippen molar-refractivity contribution in [3.8, 4) is 11.1 Å². The Balaban J connectivity index is 1.79. The van der Waals surface area contributed by atoms with Gasteiger partial charge in [-0.15, -0.1) is 0 Å². The molecule has 0 unspecified atom stereocenters. The average Bonchev–Trinajstić information content (AvgIpc) is 3.18. The van der Waals surface area contributed by atoms with Gasteiger partial charge < -0.3 is 0 Å². The molecule has 3 heteroatoms. The lowest BCUT2D eigenvalue weighted by Gasteiger charge is -2.03. The molecule has 0 amide bonds. The van der Waals surface area contributed by atoms with Crippen LogP contribution >= 0.6 is 0 Å². The van der Waals surface area contributed by atoms with Crippen LogP contribution < -0.4 is 0 Å². The van der Waals surface area contributed by atoms with Gasteiger partial charge in [-0.25, -0.2) is 0 Å². The van der Waals surface area contributed by atoms with Crippen LogP contribution in [-0.2, 0) is 6.42 Å². The van der Waals surface area contributed by atoms with Gasteiger partial charge in [-0.1, -0.05) is 18.2 Å². The maximum Gasteiger partial charge on any atom is 0.269 e. The summed E-state index contributed by atoms with van der Waals surface area (Å²) in [6.45, 7) is 0. The molecule has 2 aromatic carbocycles. The largest absolute Gasteiger partial charge is 0.269 e. The molecule has 0 aromatic heterocycles.